The van der Waals surface area contributed by atoms with Crippen LogP contribution in [0.1, 0.15) is 22.3 Å². The normalized spacial score (nSPS) is 11.6. The van der Waals surface area contributed by atoms with E-state index in [9.17, 15) is 20.4 Å². The van der Waals surface area contributed by atoms with Crippen molar-refractivity contribution in [1.82, 2.24) is 0 Å². The molecule has 8 aromatic rings. The predicted octanol–water partition coefficient (Wildman–Crippen LogP) is 10.5. The van der Waals surface area contributed by atoms with E-state index >= 15 is 0 Å². The highest BCUT2D eigenvalue weighted by Crippen LogP contribution is 2.51. The van der Waals surface area contributed by atoms with E-state index in [-0.39, 0.29) is 26.4 Å². The first-order valence-corrected chi connectivity index (χ1v) is 20.3. The fraction of sp³-hybridized carbons (Fsp3) is 0.167. The number of aliphatic hydroxyl groups is 4. The molecule has 0 saturated heterocycles. The standard InChI is InChI=1S/C48H42O5S2/c49-27-23-37-33-15-7-9-17-35(33)41(25-29-51)45-39(37)19-21-43(54-31-11-3-1-4-12-31)47(45)53-48-44(55-32-13-5-2-6-14-32)22-20-40-38(24-28-50)34-16-8-10-18-36(34)42(26-30-52)46(40)48/h1-22,49-52H,23-30H2. The van der Waals surface area contributed by atoms with Gasteiger partial charge in [-0.1, -0.05) is 121 Å². The summed E-state index contributed by atoms with van der Waals surface area (Å²) < 4.78 is 7.62. The van der Waals surface area contributed by atoms with Crippen LogP contribution in [0, 0.1) is 0 Å². The van der Waals surface area contributed by atoms with Crippen molar-refractivity contribution >= 4 is 66.6 Å². The van der Waals surface area contributed by atoms with Gasteiger partial charge in [0.25, 0.3) is 0 Å². The average Bonchev–Trinajstić information content (AvgIpc) is 3.22. The van der Waals surface area contributed by atoms with E-state index in [0.29, 0.717) is 37.2 Å². The molecule has 0 heterocycles. The van der Waals surface area contributed by atoms with E-state index in [4.69, 9.17) is 4.74 Å². The Labute approximate surface area is 329 Å². The molecule has 0 aliphatic rings. The SMILES string of the molecule is OCCc1c2ccccc2c(CCO)c2c(Oc3c(Sc4ccccc4)ccc4c(CCO)c5ccccc5c(CCO)c34)c(Sc3ccccc3)ccc12. The first-order chi connectivity index (χ1) is 27.1. The van der Waals surface area contributed by atoms with Gasteiger partial charge in [0.05, 0.1) is 9.79 Å². The monoisotopic (exact) mass is 762 g/mol. The van der Waals surface area contributed by atoms with Crippen molar-refractivity contribution in [2.75, 3.05) is 26.4 Å². The Kier molecular flexibility index (Phi) is 11.4. The second kappa shape index (κ2) is 16.9. The molecule has 7 heteroatoms. The molecule has 0 aromatic heterocycles. The lowest BCUT2D eigenvalue weighted by Gasteiger charge is -2.24. The van der Waals surface area contributed by atoms with E-state index in [1.807, 2.05) is 60.7 Å². The van der Waals surface area contributed by atoms with Crippen molar-refractivity contribution < 1.29 is 25.2 Å². The summed E-state index contributed by atoms with van der Waals surface area (Å²) in [5.74, 6) is 1.35. The molecule has 0 bridgehead atoms. The number of aliphatic hydroxyl groups excluding tert-OH is 4. The van der Waals surface area contributed by atoms with Crippen LogP contribution >= 0.6 is 23.5 Å². The molecule has 8 aromatic carbocycles. The van der Waals surface area contributed by atoms with E-state index in [2.05, 4.69) is 72.8 Å². The Morgan fingerprint density at radius 2 is 0.673 bits per heavy atom. The fourth-order valence-corrected chi connectivity index (χ4v) is 9.85. The summed E-state index contributed by atoms with van der Waals surface area (Å²) in [5.41, 5.74) is 4.04. The molecule has 276 valence electrons. The zero-order valence-electron chi connectivity index (χ0n) is 30.4. The summed E-state index contributed by atoms with van der Waals surface area (Å²) in [4.78, 5) is 3.94. The third-order valence-electron chi connectivity index (χ3n) is 10.2. The number of hydrogen-bond acceptors (Lipinski definition) is 7. The molecule has 0 amide bonds. The molecule has 55 heavy (non-hydrogen) atoms. The second-order valence-corrected chi connectivity index (χ2v) is 15.7. The van der Waals surface area contributed by atoms with Gasteiger partial charge in [0.1, 0.15) is 11.5 Å². The zero-order chi connectivity index (χ0) is 37.7. The predicted molar refractivity (Wildman–Crippen MR) is 227 cm³/mol. The van der Waals surface area contributed by atoms with Crippen LogP contribution in [-0.4, -0.2) is 46.9 Å². The number of hydrogen-bond donors (Lipinski definition) is 4. The Morgan fingerprint density at radius 3 is 1.04 bits per heavy atom. The van der Waals surface area contributed by atoms with Gasteiger partial charge in [-0.05, 0) is 117 Å². The highest BCUT2D eigenvalue weighted by Gasteiger charge is 2.25. The van der Waals surface area contributed by atoms with E-state index in [0.717, 1.165) is 84.9 Å². The van der Waals surface area contributed by atoms with Gasteiger partial charge in [0.2, 0.25) is 0 Å². The molecule has 0 aliphatic heterocycles. The van der Waals surface area contributed by atoms with E-state index in [1.54, 1.807) is 23.5 Å². The minimum Gasteiger partial charge on any atom is -0.454 e. The maximum atomic E-state index is 10.6. The summed E-state index contributed by atoms with van der Waals surface area (Å²) in [6, 6.07) is 45.5. The molecule has 8 rings (SSSR count). The van der Waals surface area contributed by atoms with Crippen LogP contribution in [-0.2, 0) is 25.7 Å². The molecule has 5 nitrogen and oxygen atoms in total. The van der Waals surface area contributed by atoms with Crippen LogP contribution in [0.4, 0.5) is 0 Å². The van der Waals surface area contributed by atoms with Crippen molar-refractivity contribution in [3.05, 3.63) is 156 Å². The lowest BCUT2D eigenvalue weighted by Crippen LogP contribution is -2.04. The molecule has 0 unspecified atom stereocenters. The lowest BCUT2D eigenvalue weighted by atomic mass is 9.88. The van der Waals surface area contributed by atoms with Gasteiger partial charge in [-0.15, -0.1) is 0 Å². The van der Waals surface area contributed by atoms with Crippen molar-refractivity contribution in [2.24, 2.45) is 0 Å². The van der Waals surface area contributed by atoms with Gasteiger partial charge in [0, 0.05) is 47.0 Å². The summed E-state index contributed by atoms with van der Waals surface area (Å²) >= 11 is 3.25. The average molecular weight is 763 g/mol. The molecule has 0 spiro atoms. The summed E-state index contributed by atoms with van der Waals surface area (Å²) in [6.07, 6.45) is 1.74. The first kappa shape index (κ1) is 37.1. The number of fused-ring (bicyclic) bond motifs is 4. The Morgan fingerprint density at radius 1 is 0.345 bits per heavy atom. The molecule has 0 fully saturated rings. The number of ether oxygens (including phenoxy) is 1. The van der Waals surface area contributed by atoms with Crippen molar-refractivity contribution in [3.8, 4) is 11.5 Å². The smallest absolute Gasteiger partial charge is 0.149 e. The van der Waals surface area contributed by atoms with Crippen LogP contribution in [0.25, 0.3) is 43.1 Å². The third-order valence-corrected chi connectivity index (χ3v) is 12.3. The quantitative estimate of drug-likeness (QED) is 0.0820. The van der Waals surface area contributed by atoms with Crippen LogP contribution in [0.3, 0.4) is 0 Å². The summed E-state index contributed by atoms with van der Waals surface area (Å²) in [7, 11) is 0. The van der Waals surface area contributed by atoms with Gasteiger partial charge in [-0.2, -0.15) is 0 Å². The Balaban J connectivity index is 1.52. The maximum Gasteiger partial charge on any atom is 0.149 e. The molecule has 0 atom stereocenters. The van der Waals surface area contributed by atoms with Gasteiger partial charge < -0.3 is 25.2 Å². The van der Waals surface area contributed by atoms with Crippen molar-refractivity contribution in [2.45, 2.75) is 45.3 Å². The van der Waals surface area contributed by atoms with Crippen LogP contribution in [0.15, 0.2) is 153 Å². The molecular formula is C48H42O5S2. The molecular weight excluding hydrogens is 721 g/mol. The largest absolute Gasteiger partial charge is 0.454 e. The van der Waals surface area contributed by atoms with Gasteiger partial charge in [-0.25, -0.2) is 0 Å². The van der Waals surface area contributed by atoms with Crippen LogP contribution in [0.2, 0.25) is 0 Å². The number of benzene rings is 8. The van der Waals surface area contributed by atoms with E-state index in [1.165, 1.54) is 0 Å². The van der Waals surface area contributed by atoms with E-state index < -0.39 is 0 Å². The molecule has 0 saturated carbocycles. The van der Waals surface area contributed by atoms with Gasteiger partial charge in [0.15, 0.2) is 0 Å². The third kappa shape index (κ3) is 7.20. The van der Waals surface area contributed by atoms with Gasteiger partial charge >= 0.3 is 0 Å². The molecule has 4 N–H and O–H groups in total. The lowest BCUT2D eigenvalue weighted by molar-refractivity contribution is 0.299. The van der Waals surface area contributed by atoms with Crippen molar-refractivity contribution in [1.29, 1.82) is 0 Å². The van der Waals surface area contributed by atoms with Crippen LogP contribution < -0.4 is 4.74 Å². The molecule has 0 aliphatic carbocycles. The molecule has 0 radical (unpaired) electrons. The van der Waals surface area contributed by atoms with Gasteiger partial charge in [-0.3, -0.25) is 0 Å². The Bertz CT molecular complexity index is 2440. The maximum absolute atomic E-state index is 10.6. The fourth-order valence-electron chi connectivity index (χ4n) is 8.01. The van der Waals surface area contributed by atoms with Crippen molar-refractivity contribution in [3.63, 3.8) is 0 Å². The summed E-state index contributed by atoms with van der Waals surface area (Å²) in [5, 5.41) is 49.9. The zero-order valence-corrected chi connectivity index (χ0v) is 32.0. The Hall–Kier alpha value is -4.86. The number of rotatable bonds is 14. The minimum atomic E-state index is -0.0472. The highest BCUT2D eigenvalue weighted by molar-refractivity contribution is 7.99. The highest BCUT2D eigenvalue weighted by atomic mass is 32.2. The first-order valence-electron chi connectivity index (χ1n) is 18.7. The summed E-state index contributed by atoms with van der Waals surface area (Å²) in [6.45, 7) is -0.119. The minimum absolute atomic E-state index is 0.0123. The topological polar surface area (TPSA) is 90.2 Å². The van der Waals surface area contributed by atoms with Crippen LogP contribution in [0.5, 0.6) is 11.5 Å². The second-order valence-electron chi connectivity index (χ2n) is 13.5.